The highest BCUT2D eigenvalue weighted by atomic mass is 16.6. The van der Waals surface area contributed by atoms with E-state index in [9.17, 15) is 14.9 Å². The van der Waals surface area contributed by atoms with Crippen molar-refractivity contribution in [3.05, 3.63) is 16.3 Å². The van der Waals surface area contributed by atoms with Crippen molar-refractivity contribution in [3.63, 3.8) is 0 Å². The molecule has 8 nitrogen and oxygen atoms in total. The molecule has 0 aliphatic heterocycles. The van der Waals surface area contributed by atoms with Gasteiger partial charge in [-0.1, -0.05) is 5.10 Å². The zero-order valence-corrected chi connectivity index (χ0v) is 8.11. The Hall–Kier alpha value is -2.12. The van der Waals surface area contributed by atoms with E-state index in [0.717, 1.165) is 0 Å². The molecule has 1 aromatic heterocycles. The molecule has 0 spiro atoms. The summed E-state index contributed by atoms with van der Waals surface area (Å²) in [6, 6.07) is 0. The molecule has 1 amide bonds. The molecule has 15 heavy (non-hydrogen) atoms. The van der Waals surface area contributed by atoms with Crippen LogP contribution in [-0.4, -0.2) is 34.1 Å². The zero-order valence-electron chi connectivity index (χ0n) is 8.11. The third-order valence-corrected chi connectivity index (χ3v) is 1.62. The van der Waals surface area contributed by atoms with E-state index in [1.807, 2.05) is 0 Å². The highest BCUT2D eigenvalue weighted by Crippen LogP contribution is 2.18. The molecule has 1 aromatic rings. The van der Waals surface area contributed by atoms with Gasteiger partial charge >= 0.3 is 5.82 Å². The van der Waals surface area contributed by atoms with Gasteiger partial charge in [-0.15, -0.1) is 5.10 Å². The summed E-state index contributed by atoms with van der Waals surface area (Å²) in [5.41, 5.74) is 0.311. The van der Waals surface area contributed by atoms with Crippen LogP contribution in [0.5, 0.6) is 0 Å². The van der Waals surface area contributed by atoms with Crippen LogP contribution in [0.15, 0.2) is 6.20 Å². The highest BCUT2D eigenvalue weighted by molar-refractivity contribution is 5.72. The third-order valence-electron chi connectivity index (χ3n) is 1.62. The molecular formula is C7H11N5O3. The molecule has 0 aromatic carbocycles. The summed E-state index contributed by atoms with van der Waals surface area (Å²) in [6.45, 7) is 2.21. The van der Waals surface area contributed by atoms with Gasteiger partial charge in [-0.2, -0.15) is 0 Å². The predicted octanol–water partition coefficient (Wildman–Crippen LogP) is -0.134. The Bertz CT molecular complexity index is 361. The van der Waals surface area contributed by atoms with Gasteiger partial charge < -0.3 is 20.7 Å². The van der Waals surface area contributed by atoms with Crippen molar-refractivity contribution in [3.8, 4) is 0 Å². The molecule has 8 heteroatoms. The monoisotopic (exact) mass is 213 g/mol. The average molecular weight is 213 g/mol. The predicted molar refractivity (Wildman–Crippen MR) is 52.4 cm³/mol. The number of hydrogen-bond acceptors (Lipinski definition) is 5. The van der Waals surface area contributed by atoms with Crippen molar-refractivity contribution in [2.24, 2.45) is 0 Å². The summed E-state index contributed by atoms with van der Waals surface area (Å²) in [7, 11) is 0. The van der Waals surface area contributed by atoms with Crippen LogP contribution >= 0.6 is 0 Å². The van der Waals surface area contributed by atoms with Crippen molar-refractivity contribution in [2.75, 3.05) is 18.4 Å². The van der Waals surface area contributed by atoms with E-state index in [2.05, 4.69) is 20.8 Å². The number of carbonyl (C=O) groups excluding carboxylic acids is 1. The van der Waals surface area contributed by atoms with Gasteiger partial charge in [-0.05, 0) is 4.92 Å². The minimum atomic E-state index is -0.562. The lowest BCUT2D eigenvalue weighted by Gasteiger charge is -2.03. The quantitative estimate of drug-likeness (QED) is 0.358. The molecule has 0 saturated heterocycles. The molecule has 0 aliphatic rings. The van der Waals surface area contributed by atoms with Gasteiger partial charge in [0.15, 0.2) is 5.69 Å². The summed E-state index contributed by atoms with van der Waals surface area (Å²) in [5, 5.41) is 21.6. The molecule has 0 unspecified atom stereocenters. The first kappa shape index (κ1) is 11.0. The number of aromatic amines is 1. The van der Waals surface area contributed by atoms with E-state index in [1.165, 1.54) is 13.1 Å². The van der Waals surface area contributed by atoms with Crippen LogP contribution in [0.4, 0.5) is 11.5 Å². The normalized spacial score (nSPS) is 9.67. The second-order valence-corrected chi connectivity index (χ2v) is 2.80. The summed E-state index contributed by atoms with van der Waals surface area (Å²) in [5.74, 6) is -0.323. The van der Waals surface area contributed by atoms with Crippen LogP contribution in [-0.2, 0) is 4.79 Å². The Morgan fingerprint density at radius 2 is 2.40 bits per heavy atom. The first-order valence-corrected chi connectivity index (χ1v) is 4.27. The number of carbonyl (C=O) groups is 1. The largest absolute Gasteiger partial charge is 0.375 e. The number of nitro groups is 1. The Labute approximate surface area is 85.2 Å². The van der Waals surface area contributed by atoms with E-state index in [1.54, 1.807) is 0 Å². The maximum atomic E-state index is 10.5. The summed E-state index contributed by atoms with van der Waals surface area (Å²) in [4.78, 5) is 20.4. The summed E-state index contributed by atoms with van der Waals surface area (Å²) < 4.78 is 0. The van der Waals surface area contributed by atoms with Crippen LogP contribution in [0.25, 0.3) is 0 Å². The Morgan fingerprint density at radius 1 is 1.67 bits per heavy atom. The van der Waals surface area contributed by atoms with Crippen molar-refractivity contribution < 1.29 is 9.72 Å². The molecule has 3 N–H and O–H groups in total. The lowest BCUT2D eigenvalue weighted by Crippen LogP contribution is -2.26. The second-order valence-electron chi connectivity index (χ2n) is 2.80. The highest BCUT2D eigenvalue weighted by Gasteiger charge is 2.13. The number of amides is 1. The molecule has 1 heterocycles. The SMILES string of the molecule is CC(=O)NCCNc1cn[nH]c1[N+](=O)[O-]. The first-order chi connectivity index (χ1) is 7.11. The molecule has 0 radical (unpaired) electrons. The Balaban J connectivity index is 2.40. The van der Waals surface area contributed by atoms with Crippen LogP contribution in [0.3, 0.4) is 0 Å². The number of nitrogens with zero attached hydrogens (tertiary/aromatic N) is 2. The molecule has 0 aliphatic carbocycles. The van der Waals surface area contributed by atoms with Crippen LogP contribution < -0.4 is 10.6 Å². The molecule has 0 saturated carbocycles. The van der Waals surface area contributed by atoms with Gasteiger partial charge in [0.05, 0.1) is 0 Å². The summed E-state index contributed by atoms with van der Waals surface area (Å²) >= 11 is 0. The number of H-pyrrole nitrogens is 1. The lowest BCUT2D eigenvalue weighted by molar-refractivity contribution is -0.388. The van der Waals surface area contributed by atoms with E-state index >= 15 is 0 Å². The van der Waals surface area contributed by atoms with Gasteiger partial charge in [0.1, 0.15) is 6.20 Å². The standard InChI is InChI=1S/C7H11N5O3/c1-5(13)8-2-3-9-6-4-10-11-7(6)12(14)15/h4,9H,2-3H2,1H3,(H,8,13)(H,10,11). The number of aromatic nitrogens is 2. The Morgan fingerprint density at radius 3 is 3.00 bits per heavy atom. The maximum absolute atomic E-state index is 10.5. The van der Waals surface area contributed by atoms with Gasteiger partial charge in [-0.3, -0.25) is 4.79 Å². The fraction of sp³-hybridized carbons (Fsp3) is 0.429. The molecular weight excluding hydrogens is 202 g/mol. The lowest BCUT2D eigenvalue weighted by atomic mass is 10.5. The molecule has 0 bridgehead atoms. The van der Waals surface area contributed by atoms with Crippen molar-refractivity contribution in [1.29, 1.82) is 0 Å². The summed E-state index contributed by atoms with van der Waals surface area (Å²) in [6.07, 6.45) is 1.33. The minimum Gasteiger partial charge on any atom is -0.375 e. The van der Waals surface area contributed by atoms with Crippen molar-refractivity contribution in [1.82, 2.24) is 15.5 Å². The number of hydrogen-bond donors (Lipinski definition) is 3. The fourth-order valence-corrected chi connectivity index (χ4v) is 0.984. The smallest absolute Gasteiger partial charge is 0.366 e. The number of anilines is 1. The first-order valence-electron chi connectivity index (χ1n) is 4.27. The van der Waals surface area contributed by atoms with Crippen molar-refractivity contribution >= 4 is 17.4 Å². The van der Waals surface area contributed by atoms with E-state index < -0.39 is 4.92 Å². The second kappa shape index (κ2) is 4.94. The molecule has 0 atom stereocenters. The van der Waals surface area contributed by atoms with Crippen molar-refractivity contribution in [2.45, 2.75) is 6.92 Å². The zero-order chi connectivity index (χ0) is 11.3. The number of nitrogens with one attached hydrogen (secondary N) is 3. The topological polar surface area (TPSA) is 113 Å². The third kappa shape index (κ3) is 3.25. The van der Waals surface area contributed by atoms with Crippen LogP contribution in [0.2, 0.25) is 0 Å². The van der Waals surface area contributed by atoms with Gasteiger partial charge in [0.25, 0.3) is 0 Å². The Kier molecular flexibility index (Phi) is 3.61. The number of rotatable bonds is 5. The van der Waals surface area contributed by atoms with E-state index in [0.29, 0.717) is 18.8 Å². The van der Waals surface area contributed by atoms with E-state index in [4.69, 9.17) is 0 Å². The minimum absolute atomic E-state index is 0.140. The van der Waals surface area contributed by atoms with Crippen LogP contribution in [0, 0.1) is 10.1 Å². The molecule has 0 fully saturated rings. The van der Waals surface area contributed by atoms with Crippen LogP contribution in [0.1, 0.15) is 6.92 Å². The maximum Gasteiger partial charge on any atom is 0.366 e. The van der Waals surface area contributed by atoms with Gasteiger partial charge in [-0.25, -0.2) is 0 Å². The molecule has 1 rings (SSSR count). The van der Waals surface area contributed by atoms with Gasteiger partial charge in [0.2, 0.25) is 5.91 Å². The van der Waals surface area contributed by atoms with Gasteiger partial charge in [0, 0.05) is 20.0 Å². The average Bonchev–Trinajstić information content (AvgIpc) is 2.60. The molecule has 82 valence electrons. The van der Waals surface area contributed by atoms with E-state index in [-0.39, 0.29) is 11.7 Å². The fourth-order valence-electron chi connectivity index (χ4n) is 0.984.